The van der Waals surface area contributed by atoms with Crippen molar-refractivity contribution in [3.8, 4) is 0 Å². The third-order valence-electron chi connectivity index (χ3n) is 11.4. The summed E-state index contributed by atoms with van der Waals surface area (Å²) < 4.78 is 0. The van der Waals surface area contributed by atoms with Gasteiger partial charge < -0.3 is 0 Å². The van der Waals surface area contributed by atoms with Gasteiger partial charge in [-0.3, -0.25) is 0 Å². The molecule has 6 fully saturated rings. The van der Waals surface area contributed by atoms with Crippen molar-refractivity contribution >= 4 is 0 Å². The van der Waals surface area contributed by atoms with Gasteiger partial charge in [-0.1, -0.05) is 52.4 Å². The summed E-state index contributed by atoms with van der Waals surface area (Å²) in [5, 5.41) is 0. The lowest BCUT2D eigenvalue weighted by molar-refractivity contribution is 0.125. The van der Waals surface area contributed by atoms with Crippen LogP contribution in [0.4, 0.5) is 0 Å². The van der Waals surface area contributed by atoms with Crippen molar-refractivity contribution in [3.63, 3.8) is 0 Å². The van der Waals surface area contributed by atoms with Gasteiger partial charge in [0.25, 0.3) is 0 Å². The normalized spacial score (nSPS) is 50.5. The molecule has 6 rings (SSSR count). The maximum atomic E-state index is 2.83. The molecule has 0 amide bonds. The SMILES string of the molecule is CC1(C2(C)C3(CCCCC3)C23CC3)C2(CCCCC2)C12CC2. The third-order valence-corrected chi connectivity index (χ3v) is 11.4. The van der Waals surface area contributed by atoms with E-state index in [4.69, 9.17) is 0 Å². The highest BCUT2D eigenvalue weighted by Gasteiger charge is 3.03. The summed E-state index contributed by atoms with van der Waals surface area (Å²) in [5.74, 6) is 0. The Morgan fingerprint density at radius 1 is 0.364 bits per heavy atom. The molecule has 0 nitrogen and oxygen atoms in total. The molecule has 6 saturated carbocycles. The monoisotopic (exact) mass is 298 g/mol. The van der Waals surface area contributed by atoms with Gasteiger partial charge in [-0.15, -0.1) is 0 Å². The summed E-state index contributed by atoms with van der Waals surface area (Å²) in [6, 6.07) is 0. The van der Waals surface area contributed by atoms with Crippen molar-refractivity contribution < 1.29 is 0 Å². The van der Waals surface area contributed by atoms with Gasteiger partial charge >= 0.3 is 0 Å². The van der Waals surface area contributed by atoms with E-state index in [2.05, 4.69) is 13.8 Å². The first-order valence-electron chi connectivity index (χ1n) is 10.6. The van der Waals surface area contributed by atoms with Crippen molar-refractivity contribution in [2.45, 2.75) is 104 Å². The van der Waals surface area contributed by atoms with Crippen molar-refractivity contribution in [1.82, 2.24) is 0 Å². The highest BCUT2D eigenvalue weighted by molar-refractivity contribution is 5.50. The summed E-state index contributed by atoms with van der Waals surface area (Å²) >= 11 is 0. The van der Waals surface area contributed by atoms with Crippen LogP contribution in [0, 0.1) is 32.5 Å². The quantitative estimate of drug-likeness (QED) is 0.519. The molecular weight excluding hydrogens is 264 g/mol. The second-order valence-electron chi connectivity index (χ2n) is 10.7. The van der Waals surface area contributed by atoms with E-state index in [1.54, 1.807) is 77.0 Å². The van der Waals surface area contributed by atoms with E-state index in [1.165, 1.54) is 12.8 Å². The van der Waals surface area contributed by atoms with Gasteiger partial charge in [-0.05, 0) is 83.9 Å². The Kier molecular flexibility index (Phi) is 2.03. The largest absolute Gasteiger partial charge is 0.0580 e. The van der Waals surface area contributed by atoms with Gasteiger partial charge in [0.1, 0.15) is 0 Å². The lowest BCUT2D eigenvalue weighted by atomic mass is 9.68. The molecule has 4 spiro atoms. The lowest BCUT2D eigenvalue weighted by Gasteiger charge is -2.36. The minimum Gasteiger partial charge on any atom is -0.0580 e. The molecule has 22 heavy (non-hydrogen) atoms. The topological polar surface area (TPSA) is 0 Å². The van der Waals surface area contributed by atoms with Crippen LogP contribution in [0.5, 0.6) is 0 Å². The second kappa shape index (κ2) is 3.36. The van der Waals surface area contributed by atoms with Crippen molar-refractivity contribution in [1.29, 1.82) is 0 Å². The van der Waals surface area contributed by atoms with Crippen molar-refractivity contribution in [3.05, 3.63) is 0 Å². The maximum absolute atomic E-state index is 2.83. The van der Waals surface area contributed by atoms with Gasteiger partial charge in [-0.2, -0.15) is 0 Å². The second-order valence-corrected chi connectivity index (χ2v) is 10.7. The summed E-state index contributed by atoms with van der Waals surface area (Å²) in [5.41, 5.74) is 4.77. The van der Waals surface area contributed by atoms with Gasteiger partial charge in [0.2, 0.25) is 0 Å². The molecule has 0 aromatic carbocycles. The number of hydrogen-bond donors (Lipinski definition) is 0. The van der Waals surface area contributed by atoms with E-state index in [0.717, 1.165) is 32.5 Å². The van der Waals surface area contributed by atoms with Crippen LogP contribution in [-0.2, 0) is 0 Å². The fourth-order valence-electron chi connectivity index (χ4n) is 10.5. The first-order chi connectivity index (χ1) is 10.6. The van der Waals surface area contributed by atoms with Crippen molar-refractivity contribution in [2.75, 3.05) is 0 Å². The van der Waals surface area contributed by atoms with E-state index in [9.17, 15) is 0 Å². The average Bonchev–Trinajstić information content (AvgIpc) is 3.46. The number of rotatable bonds is 1. The van der Waals surface area contributed by atoms with E-state index in [1.807, 2.05) is 0 Å². The lowest BCUT2D eigenvalue weighted by Crippen LogP contribution is -2.28. The van der Waals surface area contributed by atoms with Gasteiger partial charge in [0.05, 0.1) is 0 Å². The molecule has 2 unspecified atom stereocenters. The molecule has 0 aromatic heterocycles. The predicted molar refractivity (Wildman–Crippen MR) is 90.6 cm³/mol. The van der Waals surface area contributed by atoms with Crippen LogP contribution in [0.1, 0.15) is 104 Å². The molecule has 6 aliphatic carbocycles. The Morgan fingerprint density at radius 3 is 0.909 bits per heavy atom. The van der Waals surface area contributed by atoms with E-state index in [-0.39, 0.29) is 0 Å². The first kappa shape index (κ1) is 13.3. The fraction of sp³-hybridized carbons (Fsp3) is 1.00. The van der Waals surface area contributed by atoms with Gasteiger partial charge in [0.15, 0.2) is 0 Å². The van der Waals surface area contributed by atoms with Gasteiger partial charge in [0, 0.05) is 0 Å². The van der Waals surface area contributed by atoms with Crippen LogP contribution in [0.2, 0.25) is 0 Å². The molecule has 0 radical (unpaired) electrons. The molecular formula is C22H34. The molecule has 0 aromatic rings. The molecule has 0 N–H and O–H groups in total. The third kappa shape index (κ3) is 0.912. The molecule has 122 valence electrons. The molecule has 0 aliphatic heterocycles. The zero-order valence-electron chi connectivity index (χ0n) is 14.9. The van der Waals surface area contributed by atoms with E-state index in [0.29, 0.717) is 0 Å². The first-order valence-corrected chi connectivity index (χ1v) is 10.6. The Labute approximate surface area is 136 Å². The molecule has 0 saturated heterocycles. The fourth-order valence-corrected chi connectivity index (χ4v) is 10.5. The molecule has 0 heteroatoms. The summed E-state index contributed by atoms with van der Waals surface area (Å²) in [4.78, 5) is 0. The van der Waals surface area contributed by atoms with Crippen LogP contribution in [0.15, 0.2) is 0 Å². The zero-order chi connectivity index (χ0) is 14.9. The summed E-state index contributed by atoms with van der Waals surface area (Å²) in [7, 11) is 0. The summed E-state index contributed by atoms with van der Waals surface area (Å²) in [6.07, 6.45) is 22.1. The van der Waals surface area contributed by atoms with Crippen LogP contribution in [0.3, 0.4) is 0 Å². The zero-order valence-corrected chi connectivity index (χ0v) is 14.9. The Morgan fingerprint density at radius 2 is 0.636 bits per heavy atom. The molecule has 2 atom stereocenters. The van der Waals surface area contributed by atoms with E-state index >= 15 is 0 Å². The molecule has 0 bridgehead atoms. The minimum atomic E-state index is 0.737. The Bertz CT molecular complexity index is 486. The molecule has 0 heterocycles. The number of hydrogen-bond acceptors (Lipinski definition) is 0. The Balaban J connectivity index is 1.47. The average molecular weight is 299 g/mol. The number of fused-ring (bicyclic) bond motifs is 2. The van der Waals surface area contributed by atoms with Crippen LogP contribution >= 0.6 is 0 Å². The van der Waals surface area contributed by atoms with Crippen LogP contribution < -0.4 is 0 Å². The summed E-state index contributed by atoms with van der Waals surface area (Å²) in [6.45, 7) is 5.66. The van der Waals surface area contributed by atoms with E-state index < -0.39 is 0 Å². The Hall–Kier alpha value is 0. The van der Waals surface area contributed by atoms with Crippen molar-refractivity contribution in [2.24, 2.45) is 32.5 Å². The molecule has 6 aliphatic rings. The highest BCUT2D eigenvalue weighted by Crippen LogP contribution is 3.09. The smallest absolute Gasteiger partial charge is 0.0137 e. The predicted octanol–water partition coefficient (Wildman–Crippen LogP) is 6.49. The van der Waals surface area contributed by atoms with Crippen LogP contribution in [-0.4, -0.2) is 0 Å². The standard InChI is InChI=1S/C22H34/c1-17(19(21(17)13-14-21)9-5-3-6-10-19)18(2)20(22(18)15-16-22)11-7-4-8-12-20/h3-16H2,1-2H3. The van der Waals surface area contributed by atoms with Crippen LogP contribution in [0.25, 0.3) is 0 Å². The van der Waals surface area contributed by atoms with Gasteiger partial charge in [-0.25, -0.2) is 0 Å². The maximum Gasteiger partial charge on any atom is -0.0137 e. The minimum absolute atomic E-state index is 0.737. The highest BCUT2D eigenvalue weighted by atomic mass is 15.1.